The number of aromatic nitrogens is 2. The molecule has 3 N–H and O–H groups in total. The normalized spacial score (nSPS) is 10.5. The van der Waals surface area contributed by atoms with Gasteiger partial charge in [0.05, 0.1) is 30.3 Å². The first kappa shape index (κ1) is 16.4. The first-order valence-electron chi connectivity index (χ1n) is 7.15. The fraction of sp³-hybridized carbons (Fsp3) is 0.0625. The molecule has 9 heteroatoms. The largest absolute Gasteiger partial charge is 0.467 e. The van der Waals surface area contributed by atoms with Crippen LogP contribution < -0.4 is 10.6 Å². The summed E-state index contributed by atoms with van der Waals surface area (Å²) in [6.07, 6.45) is 2.68. The molecule has 0 saturated carbocycles. The maximum Gasteiger partial charge on any atom is 0.271 e. The van der Waals surface area contributed by atoms with E-state index in [1.807, 2.05) is 0 Å². The Morgan fingerprint density at radius 1 is 1.20 bits per heavy atom. The monoisotopic (exact) mass is 346 g/mol. The second-order valence-corrected chi connectivity index (χ2v) is 5.00. The minimum absolute atomic E-state index is 0.0116. The van der Waals surface area contributed by atoms with Crippen LogP contribution in [-0.2, 0) is 6.54 Å². The third-order valence-electron chi connectivity index (χ3n) is 3.29. The van der Waals surface area contributed by atoms with Crippen LogP contribution in [0, 0.1) is 11.6 Å². The summed E-state index contributed by atoms with van der Waals surface area (Å²) in [5.41, 5.74) is -0.308. The van der Waals surface area contributed by atoms with Crippen molar-refractivity contribution < 1.29 is 22.8 Å². The summed E-state index contributed by atoms with van der Waals surface area (Å²) in [5.74, 6) is -2.63. The molecule has 2 aromatic heterocycles. The minimum atomic E-state index is -1.01. The number of furan rings is 1. The van der Waals surface area contributed by atoms with Gasteiger partial charge >= 0.3 is 0 Å². The van der Waals surface area contributed by atoms with Crippen molar-refractivity contribution in [2.75, 3.05) is 5.32 Å². The number of benzene rings is 1. The lowest BCUT2D eigenvalue weighted by molar-refractivity contribution is 0.0944. The zero-order valence-electron chi connectivity index (χ0n) is 12.7. The lowest BCUT2D eigenvalue weighted by atomic mass is 10.2. The van der Waals surface area contributed by atoms with Crippen molar-refractivity contribution in [3.8, 4) is 0 Å². The Balaban J connectivity index is 1.70. The molecule has 0 fully saturated rings. The summed E-state index contributed by atoms with van der Waals surface area (Å²) in [6, 6.07) is 5.94. The van der Waals surface area contributed by atoms with Gasteiger partial charge in [-0.15, -0.1) is 0 Å². The highest BCUT2D eigenvalue weighted by molar-refractivity contribution is 6.08. The van der Waals surface area contributed by atoms with E-state index in [-0.39, 0.29) is 23.5 Å². The molecular formula is C16H12F2N4O3. The van der Waals surface area contributed by atoms with Crippen molar-refractivity contribution in [3.63, 3.8) is 0 Å². The van der Waals surface area contributed by atoms with Gasteiger partial charge in [0, 0.05) is 6.07 Å². The zero-order chi connectivity index (χ0) is 17.8. The van der Waals surface area contributed by atoms with E-state index >= 15 is 0 Å². The fourth-order valence-electron chi connectivity index (χ4n) is 2.09. The second-order valence-electron chi connectivity index (χ2n) is 5.00. The van der Waals surface area contributed by atoms with Gasteiger partial charge < -0.3 is 15.1 Å². The molecule has 0 aliphatic heterocycles. The van der Waals surface area contributed by atoms with Crippen molar-refractivity contribution in [1.82, 2.24) is 15.5 Å². The molecule has 1 aromatic carbocycles. The van der Waals surface area contributed by atoms with Gasteiger partial charge in [-0.2, -0.15) is 5.10 Å². The summed E-state index contributed by atoms with van der Waals surface area (Å²) >= 11 is 0. The van der Waals surface area contributed by atoms with Crippen LogP contribution in [0.4, 0.5) is 14.5 Å². The molecule has 0 aliphatic carbocycles. The number of hydrogen-bond acceptors (Lipinski definition) is 4. The molecular weight excluding hydrogens is 334 g/mol. The lowest BCUT2D eigenvalue weighted by Crippen LogP contribution is -2.25. The Hall–Kier alpha value is -3.49. The van der Waals surface area contributed by atoms with Gasteiger partial charge in [-0.3, -0.25) is 14.7 Å². The third kappa shape index (κ3) is 3.71. The Labute approximate surface area is 140 Å². The topological polar surface area (TPSA) is 100 Å². The number of aromatic amines is 1. The van der Waals surface area contributed by atoms with Crippen molar-refractivity contribution in [1.29, 1.82) is 0 Å². The molecule has 0 atom stereocenters. The van der Waals surface area contributed by atoms with Crippen LogP contribution in [0.2, 0.25) is 0 Å². The number of nitrogens with one attached hydrogen (secondary N) is 3. The second kappa shape index (κ2) is 6.95. The van der Waals surface area contributed by atoms with Crippen LogP contribution in [0.25, 0.3) is 0 Å². The van der Waals surface area contributed by atoms with E-state index < -0.39 is 23.4 Å². The Bertz CT molecular complexity index is 906. The smallest absolute Gasteiger partial charge is 0.271 e. The van der Waals surface area contributed by atoms with Gasteiger partial charge in [-0.05, 0) is 24.3 Å². The summed E-state index contributed by atoms with van der Waals surface area (Å²) in [7, 11) is 0. The summed E-state index contributed by atoms with van der Waals surface area (Å²) in [5, 5.41) is 11.1. The molecule has 2 amide bonds. The molecule has 7 nitrogen and oxygen atoms in total. The zero-order valence-corrected chi connectivity index (χ0v) is 12.7. The number of anilines is 1. The van der Waals surface area contributed by atoms with Crippen LogP contribution in [0.5, 0.6) is 0 Å². The van der Waals surface area contributed by atoms with Crippen molar-refractivity contribution in [2.24, 2.45) is 0 Å². The lowest BCUT2D eigenvalue weighted by Gasteiger charge is -2.07. The average molecular weight is 346 g/mol. The molecule has 0 unspecified atom stereocenters. The quantitative estimate of drug-likeness (QED) is 0.661. The molecule has 128 valence electrons. The van der Waals surface area contributed by atoms with E-state index in [9.17, 15) is 18.4 Å². The first-order chi connectivity index (χ1) is 12.0. The van der Waals surface area contributed by atoms with Crippen LogP contribution >= 0.6 is 0 Å². The van der Waals surface area contributed by atoms with Gasteiger partial charge in [0.25, 0.3) is 11.8 Å². The maximum atomic E-state index is 13.7. The minimum Gasteiger partial charge on any atom is -0.467 e. The van der Waals surface area contributed by atoms with E-state index in [1.165, 1.54) is 12.5 Å². The van der Waals surface area contributed by atoms with Crippen molar-refractivity contribution in [3.05, 3.63) is 71.4 Å². The van der Waals surface area contributed by atoms with Gasteiger partial charge in [-0.25, -0.2) is 8.78 Å². The number of hydrogen-bond donors (Lipinski definition) is 3. The molecule has 3 aromatic rings. The van der Waals surface area contributed by atoms with Gasteiger partial charge in [0.1, 0.15) is 23.1 Å². The number of halogens is 2. The van der Waals surface area contributed by atoms with Crippen molar-refractivity contribution in [2.45, 2.75) is 6.54 Å². The number of carbonyl (C=O) groups is 2. The highest BCUT2D eigenvalue weighted by Crippen LogP contribution is 2.16. The number of carbonyl (C=O) groups excluding carboxylic acids is 2. The highest BCUT2D eigenvalue weighted by Gasteiger charge is 2.19. The highest BCUT2D eigenvalue weighted by atomic mass is 19.1. The Kier molecular flexibility index (Phi) is 4.55. The molecule has 2 heterocycles. The van der Waals surface area contributed by atoms with Crippen LogP contribution in [0.15, 0.2) is 47.2 Å². The summed E-state index contributed by atoms with van der Waals surface area (Å²) in [4.78, 5) is 24.3. The maximum absolute atomic E-state index is 13.7. The molecule has 0 spiro atoms. The Morgan fingerprint density at radius 2 is 2.04 bits per heavy atom. The first-order valence-corrected chi connectivity index (χ1v) is 7.15. The number of amides is 2. The molecule has 0 bridgehead atoms. The summed E-state index contributed by atoms with van der Waals surface area (Å²) < 4.78 is 31.7. The fourth-order valence-corrected chi connectivity index (χ4v) is 2.09. The van der Waals surface area contributed by atoms with Gasteiger partial charge in [0.15, 0.2) is 0 Å². The van der Waals surface area contributed by atoms with Crippen LogP contribution in [-0.4, -0.2) is 22.0 Å². The van der Waals surface area contributed by atoms with E-state index in [0.717, 1.165) is 12.1 Å². The molecule has 0 radical (unpaired) electrons. The van der Waals surface area contributed by atoms with E-state index in [1.54, 1.807) is 12.1 Å². The molecule has 3 rings (SSSR count). The third-order valence-corrected chi connectivity index (χ3v) is 3.29. The van der Waals surface area contributed by atoms with Crippen molar-refractivity contribution >= 4 is 17.5 Å². The Morgan fingerprint density at radius 3 is 2.76 bits per heavy atom. The SMILES string of the molecule is O=C(Nc1cn[nH]c1C(=O)NCc1ccco1)c1ccc(F)cc1F. The van der Waals surface area contributed by atoms with E-state index in [2.05, 4.69) is 20.8 Å². The predicted molar refractivity (Wildman–Crippen MR) is 82.8 cm³/mol. The van der Waals surface area contributed by atoms with E-state index in [4.69, 9.17) is 4.42 Å². The molecule has 25 heavy (non-hydrogen) atoms. The van der Waals surface area contributed by atoms with E-state index in [0.29, 0.717) is 11.8 Å². The summed E-state index contributed by atoms with van der Waals surface area (Å²) in [6.45, 7) is 0.144. The van der Waals surface area contributed by atoms with Crippen LogP contribution in [0.3, 0.4) is 0 Å². The van der Waals surface area contributed by atoms with Gasteiger partial charge in [0.2, 0.25) is 0 Å². The average Bonchev–Trinajstić information content (AvgIpc) is 3.24. The predicted octanol–water partition coefficient (Wildman–Crippen LogP) is 2.46. The number of rotatable bonds is 5. The standard InChI is InChI=1S/C16H12F2N4O3/c17-9-3-4-11(12(18)6-9)15(23)21-13-8-20-22-14(13)16(24)19-7-10-2-1-5-25-10/h1-6,8H,7H2,(H,19,24)(H,20,22)(H,21,23). The van der Waals surface area contributed by atoms with Gasteiger partial charge in [-0.1, -0.05) is 0 Å². The van der Waals surface area contributed by atoms with Crippen LogP contribution in [0.1, 0.15) is 26.6 Å². The molecule has 0 aliphatic rings. The molecule has 0 saturated heterocycles. The number of H-pyrrole nitrogens is 1. The number of nitrogens with zero attached hydrogens (tertiary/aromatic N) is 1.